The normalized spacial score (nSPS) is 10.3. The summed E-state index contributed by atoms with van der Waals surface area (Å²) in [5, 5.41) is 11.4. The maximum atomic E-state index is 12.1. The van der Waals surface area contributed by atoms with Gasteiger partial charge < -0.3 is 14.8 Å². The zero-order valence-electron chi connectivity index (χ0n) is 10.6. The number of aryl methyl sites for hydroxylation is 1. The Hall–Kier alpha value is -1.83. The number of benzene rings is 1. The molecular formula is C14H12INO4. The largest absolute Gasteiger partial charge is 0.475 e. The molecule has 0 spiro atoms. The first kappa shape index (κ1) is 14.6. The van der Waals surface area contributed by atoms with Crippen molar-refractivity contribution in [1.82, 2.24) is 5.32 Å². The molecule has 0 radical (unpaired) electrons. The Labute approximate surface area is 129 Å². The van der Waals surface area contributed by atoms with E-state index in [-0.39, 0.29) is 18.2 Å². The average molecular weight is 385 g/mol. The van der Waals surface area contributed by atoms with Crippen LogP contribution in [-0.2, 0) is 6.54 Å². The Kier molecular flexibility index (Phi) is 4.43. The lowest BCUT2D eigenvalue weighted by Gasteiger charge is -2.07. The molecule has 0 unspecified atom stereocenters. The minimum Gasteiger partial charge on any atom is -0.475 e. The summed E-state index contributed by atoms with van der Waals surface area (Å²) in [6, 6.07) is 8.40. The lowest BCUT2D eigenvalue weighted by Crippen LogP contribution is -2.23. The van der Waals surface area contributed by atoms with Gasteiger partial charge in [0.1, 0.15) is 5.76 Å². The second-order valence-corrected chi connectivity index (χ2v) is 5.27. The fraction of sp³-hybridized carbons (Fsp3) is 0.143. The molecule has 1 amide bonds. The minimum absolute atomic E-state index is 0.139. The molecule has 2 N–H and O–H groups in total. The summed E-state index contributed by atoms with van der Waals surface area (Å²) in [5.41, 5.74) is 1.63. The maximum Gasteiger partial charge on any atom is 0.371 e. The predicted molar refractivity (Wildman–Crippen MR) is 80.7 cm³/mol. The average Bonchev–Trinajstić information content (AvgIpc) is 2.88. The van der Waals surface area contributed by atoms with Crippen LogP contribution in [0.1, 0.15) is 32.2 Å². The van der Waals surface area contributed by atoms with Crippen LogP contribution in [0.3, 0.4) is 0 Å². The number of carbonyl (C=O) groups excluding carboxylic acids is 1. The van der Waals surface area contributed by atoms with Gasteiger partial charge in [-0.15, -0.1) is 0 Å². The number of amides is 1. The predicted octanol–water partition coefficient (Wildman–Crippen LogP) is 2.82. The molecule has 5 nitrogen and oxygen atoms in total. The number of hydrogen-bond acceptors (Lipinski definition) is 3. The highest BCUT2D eigenvalue weighted by Gasteiger charge is 2.13. The third-order valence-corrected chi connectivity index (χ3v) is 4.16. The van der Waals surface area contributed by atoms with E-state index >= 15 is 0 Å². The van der Waals surface area contributed by atoms with E-state index in [1.54, 1.807) is 6.07 Å². The number of carboxylic acids is 1. The molecule has 0 bridgehead atoms. The second-order valence-electron chi connectivity index (χ2n) is 4.19. The molecule has 0 aliphatic heterocycles. The molecule has 1 heterocycles. The van der Waals surface area contributed by atoms with Crippen molar-refractivity contribution >= 4 is 34.5 Å². The van der Waals surface area contributed by atoms with Crippen LogP contribution in [-0.4, -0.2) is 17.0 Å². The monoisotopic (exact) mass is 385 g/mol. The van der Waals surface area contributed by atoms with Crippen LogP contribution >= 0.6 is 22.6 Å². The SMILES string of the molecule is Cc1cccc(C(=O)NCc2ccc(C(=O)O)o2)c1I. The summed E-state index contributed by atoms with van der Waals surface area (Å²) >= 11 is 2.13. The third-order valence-electron chi connectivity index (χ3n) is 2.73. The maximum absolute atomic E-state index is 12.1. The lowest BCUT2D eigenvalue weighted by atomic mass is 10.1. The van der Waals surface area contributed by atoms with E-state index in [9.17, 15) is 9.59 Å². The summed E-state index contributed by atoms with van der Waals surface area (Å²) in [5.74, 6) is -1.08. The van der Waals surface area contributed by atoms with Gasteiger partial charge in [0.05, 0.1) is 12.1 Å². The molecule has 0 atom stereocenters. The third kappa shape index (κ3) is 3.19. The Morgan fingerprint density at radius 1 is 1.30 bits per heavy atom. The Morgan fingerprint density at radius 3 is 2.70 bits per heavy atom. The van der Waals surface area contributed by atoms with Crippen molar-refractivity contribution in [3.63, 3.8) is 0 Å². The number of halogens is 1. The number of nitrogens with one attached hydrogen (secondary N) is 1. The molecule has 6 heteroatoms. The highest BCUT2D eigenvalue weighted by atomic mass is 127. The first-order valence-corrected chi connectivity index (χ1v) is 6.92. The number of carbonyl (C=O) groups is 2. The van der Waals surface area contributed by atoms with Crippen molar-refractivity contribution in [3.8, 4) is 0 Å². The zero-order valence-corrected chi connectivity index (χ0v) is 12.8. The summed E-state index contributed by atoms with van der Waals surface area (Å²) < 4.78 is 5.97. The van der Waals surface area contributed by atoms with Crippen LogP contribution in [0.2, 0.25) is 0 Å². The first-order chi connectivity index (χ1) is 9.49. The van der Waals surface area contributed by atoms with Crippen molar-refractivity contribution in [2.75, 3.05) is 0 Å². The number of aromatic carboxylic acids is 1. The number of carboxylic acid groups (broad SMARTS) is 1. The van der Waals surface area contributed by atoms with E-state index < -0.39 is 5.97 Å². The smallest absolute Gasteiger partial charge is 0.371 e. The van der Waals surface area contributed by atoms with Crippen LogP contribution < -0.4 is 5.32 Å². The standard InChI is InChI=1S/C14H12INO4/c1-8-3-2-4-10(12(8)15)13(17)16-7-9-5-6-11(20-9)14(18)19/h2-6H,7H2,1H3,(H,16,17)(H,18,19). The molecular weight excluding hydrogens is 373 g/mol. The molecule has 0 fully saturated rings. The van der Waals surface area contributed by atoms with Crippen molar-refractivity contribution in [2.24, 2.45) is 0 Å². The van der Waals surface area contributed by atoms with E-state index in [1.165, 1.54) is 12.1 Å². The topological polar surface area (TPSA) is 79.5 Å². The molecule has 20 heavy (non-hydrogen) atoms. The summed E-state index contributed by atoms with van der Waals surface area (Å²) in [6.45, 7) is 2.08. The van der Waals surface area contributed by atoms with Gasteiger partial charge in [0.15, 0.2) is 0 Å². The van der Waals surface area contributed by atoms with E-state index in [0.717, 1.165) is 9.13 Å². The molecule has 0 aliphatic carbocycles. The molecule has 2 aromatic rings. The van der Waals surface area contributed by atoms with Gasteiger partial charge in [0, 0.05) is 3.57 Å². The van der Waals surface area contributed by atoms with Crippen LogP contribution in [0.15, 0.2) is 34.7 Å². The Balaban J connectivity index is 2.05. The van der Waals surface area contributed by atoms with Crippen LogP contribution in [0.4, 0.5) is 0 Å². The van der Waals surface area contributed by atoms with E-state index in [0.29, 0.717) is 11.3 Å². The van der Waals surface area contributed by atoms with Gasteiger partial charge in [0.2, 0.25) is 5.76 Å². The summed E-state index contributed by atoms with van der Waals surface area (Å²) in [4.78, 5) is 22.7. The van der Waals surface area contributed by atoms with Crippen molar-refractivity contribution in [2.45, 2.75) is 13.5 Å². The quantitative estimate of drug-likeness (QED) is 0.794. The van der Waals surface area contributed by atoms with Crippen LogP contribution in [0, 0.1) is 10.5 Å². The van der Waals surface area contributed by atoms with Gasteiger partial charge in [0.25, 0.3) is 5.91 Å². The Morgan fingerprint density at radius 2 is 2.05 bits per heavy atom. The second kappa shape index (κ2) is 6.08. The van der Waals surface area contributed by atoms with E-state index in [4.69, 9.17) is 9.52 Å². The van der Waals surface area contributed by atoms with Gasteiger partial charge in [-0.3, -0.25) is 4.79 Å². The van der Waals surface area contributed by atoms with Gasteiger partial charge >= 0.3 is 5.97 Å². The first-order valence-electron chi connectivity index (χ1n) is 5.84. The zero-order chi connectivity index (χ0) is 14.7. The number of rotatable bonds is 4. The van der Waals surface area contributed by atoms with E-state index in [2.05, 4.69) is 27.9 Å². The van der Waals surface area contributed by atoms with Crippen molar-refractivity contribution in [1.29, 1.82) is 0 Å². The van der Waals surface area contributed by atoms with E-state index in [1.807, 2.05) is 19.1 Å². The van der Waals surface area contributed by atoms with Gasteiger partial charge in [-0.05, 0) is 53.3 Å². The molecule has 1 aromatic carbocycles. The molecule has 2 rings (SSSR count). The molecule has 1 aromatic heterocycles. The van der Waals surface area contributed by atoms with Crippen molar-refractivity contribution < 1.29 is 19.1 Å². The highest BCUT2D eigenvalue weighted by Crippen LogP contribution is 2.16. The van der Waals surface area contributed by atoms with Crippen molar-refractivity contribution in [3.05, 3.63) is 56.5 Å². The fourth-order valence-electron chi connectivity index (χ4n) is 1.67. The Bertz CT molecular complexity index is 663. The van der Waals surface area contributed by atoms with Gasteiger partial charge in [-0.2, -0.15) is 0 Å². The summed E-state index contributed by atoms with van der Waals surface area (Å²) in [7, 11) is 0. The lowest BCUT2D eigenvalue weighted by molar-refractivity contribution is 0.0660. The number of furan rings is 1. The fourth-order valence-corrected chi connectivity index (χ4v) is 2.28. The van der Waals surface area contributed by atoms with Gasteiger partial charge in [-0.1, -0.05) is 12.1 Å². The minimum atomic E-state index is -1.13. The van der Waals surface area contributed by atoms with Gasteiger partial charge in [-0.25, -0.2) is 4.79 Å². The molecule has 0 aliphatic rings. The number of hydrogen-bond donors (Lipinski definition) is 2. The highest BCUT2D eigenvalue weighted by molar-refractivity contribution is 14.1. The molecule has 104 valence electrons. The summed E-state index contributed by atoms with van der Waals surface area (Å²) in [6.07, 6.45) is 0. The molecule has 0 saturated carbocycles. The van der Waals surface area contributed by atoms with Crippen LogP contribution in [0.25, 0.3) is 0 Å². The molecule has 0 saturated heterocycles. The van der Waals surface area contributed by atoms with Crippen LogP contribution in [0.5, 0.6) is 0 Å².